The number of hydrogen-bond acceptors (Lipinski definition) is 18. The molecule has 1 aromatic carbocycles. The topological polar surface area (TPSA) is 423 Å². The lowest BCUT2D eigenvalue weighted by atomic mass is 9.80. The SMILES string of the molecule is CCC(C)CC(C)CCCCCCCCC(=O)N[C@H]1C[C@@H](O)C(NCCO)NC(=O)C2[C@@H](O)CCN2C(=O)C([C@H](O)CC(N)=O)NC(=O)C(C(O)Cc2ccc(B(O)O)cc2)NC(=O)C2C[C@@H](O)CN2C(=O)C([C@@H](C)O)NC1=O. The molecule has 8 amide bonds. The van der Waals surface area contributed by atoms with Crippen LogP contribution in [0.15, 0.2) is 24.3 Å². The minimum Gasteiger partial charge on any atom is -0.423 e. The molecule has 3 heterocycles. The predicted molar refractivity (Wildman–Crippen MR) is 285 cm³/mol. The monoisotopic (exact) mass is 1120 g/mol. The highest BCUT2D eigenvalue weighted by atomic mass is 16.4. The first-order chi connectivity index (χ1) is 37.4. The standard InChI is InChI=1S/C52H86BN9O17/c1-5-28(2)22-29(3)12-10-8-6-7-9-11-13-41(71)56-34-25-39(69)46(55-19-21-63)60-50(75)45-36(66)18-20-61(45)52(77)44(38(68)26-40(54)70)59-49(74)43(37(67)23-31-14-16-32(17-15-31)53(78)79)58-48(73)35-24-33(65)27-62(35)51(76)42(30(4)64)57-47(34)72/h14-17,28-30,33-39,42-46,55,63-69,78-79H,5-13,18-27H2,1-4H3,(H2,54,70)(H,56,71)(H,57,72)(H,58,73)(H,59,74)(H,60,75)/t28?,29?,30-,33-,34+,35?,36+,37?,38-,39-,42?,43?,44?,45?,46?/m1/s1. The Morgan fingerprint density at radius 1 is 0.747 bits per heavy atom. The number of unbranched alkanes of at least 4 members (excludes halogenated alkanes) is 5. The van der Waals surface area contributed by atoms with E-state index in [0.29, 0.717) is 24.7 Å². The second kappa shape index (κ2) is 32.2. The van der Waals surface area contributed by atoms with Gasteiger partial charge < -0.3 is 87.9 Å². The maximum absolute atomic E-state index is 14.6. The molecule has 17 N–H and O–H groups in total. The Morgan fingerprint density at radius 3 is 1.99 bits per heavy atom. The van der Waals surface area contributed by atoms with Gasteiger partial charge in [-0.3, -0.25) is 43.7 Å². The smallest absolute Gasteiger partial charge is 0.423 e. The number of hydrogen-bond donors (Lipinski definition) is 16. The van der Waals surface area contributed by atoms with Crippen LogP contribution in [-0.4, -0.2) is 215 Å². The second-order valence-corrected chi connectivity index (χ2v) is 21.7. The number of amides is 8. The number of benzene rings is 1. The van der Waals surface area contributed by atoms with Crippen LogP contribution in [0.3, 0.4) is 0 Å². The average molecular weight is 1120 g/mol. The molecule has 3 aliphatic rings. The van der Waals surface area contributed by atoms with Crippen LogP contribution in [0.1, 0.15) is 123 Å². The van der Waals surface area contributed by atoms with E-state index in [4.69, 9.17) is 5.73 Å². The predicted octanol–water partition coefficient (Wildman–Crippen LogP) is -5.27. The molecule has 79 heavy (non-hydrogen) atoms. The van der Waals surface area contributed by atoms with E-state index in [0.717, 1.165) is 55.2 Å². The van der Waals surface area contributed by atoms with Gasteiger partial charge in [-0.05, 0) is 49.0 Å². The van der Waals surface area contributed by atoms with Crippen molar-refractivity contribution in [2.75, 3.05) is 26.2 Å². The summed E-state index contributed by atoms with van der Waals surface area (Å²) in [5, 5.41) is 112. The van der Waals surface area contributed by atoms with E-state index in [1.807, 2.05) is 0 Å². The van der Waals surface area contributed by atoms with E-state index < -0.39 is 179 Å². The van der Waals surface area contributed by atoms with Crippen molar-refractivity contribution < 1.29 is 84.2 Å². The Morgan fingerprint density at radius 2 is 1.37 bits per heavy atom. The highest BCUT2D eigenvalue weighted by Gasteiger charge is 2.48. The van der Waals surface area contributed by atoms with E-state index >= 15 is 0 Å². The number of carbonyl (C=O) groups is 8. The molecule has 4 rings (SSSR count). The first kappa shape index (κ1) is 66.2. The fourth-order valence-corrected chi connectivity index (χ4v) is 10.4. The summed E-state index contributed by atoms with van der Waals surface area (Å²) >= 11 is 0. The Bertz CT molecular complexity index is 2180. The van der Waals surface area contributed by atoms with Gasteiger partial charge in [-0.25, -0.2) is 0 Å². The number of aliphatic hydroxyl groups excluding tert-OH is 7. The third kappa shape index (κ3) is 20.0. The molecule has 0 aromatic heterocycles. The van der Waals surface area contributed by atoms with Crippen LogP contribution in [0.2, 0.25) is 0 Å². The molecule has 0 spiro atoms. The summed E-state index contributed by atoms with van der Waals surface area (Å²) in [6, 6.07) is -6.03. The van der Waals surface area contributed by atoms with Gasteiger partial charge in [0.15, 0.2) is 0 Å². The normalized spacial score (nSPS) is 27.7. The van der Waals surface area contributed by atoms with Crippen molar-refractivity contribution in [2.45, 2.75) is 203 Å². The van der Waals surface area contributed by atoms with Gasteiger partial charge in [-0.2, -0.15) is 0 Å². The minimum atomic E-state index is -2.18. The van der Waals surface area contributed by atoms with Gasteiger partial charge in [0.25, 0.3) is 0 Å². The zero-order valence-electron chi connectivity index (χ0n) is 45.7. The first-order valence-corrected chi connectivity index (χ1v) is 27.6. The number of nitrogens with one attached hydrogen (secondary N) is 6. The molecule has 3 fully saturated rings. The lowest BCUT2D eigenvalue weighted by Gasteiger charge is -2.34. The van der Waals surface area contributed by atoms with E-state index in [-0.39, 0.29) is 30.4 Å². The molecule has 3 saturated heterocycles. The third-order valence-electron chi connectivity index (χ3n) is 15.0. The molecular weight excluding hydrogens is 1030 g/mol. The highest BCUT2D eigenvalue weighted by Crippen LogP contribution is 2.25. The molecular formula is C52H86BN9O17. The quantitative estimate of drug-likeness (QED) is 0.0340. The number of carbonyl (C=O) groups excluding carboxylic acids is 8. The van der Waals surface area contributed by atoms with E-state index in [1.165, 1.54) is 30.7 Å². The number of rotatable bonds is 24. The van der Waals surface area contributed by atoms with Gasteiger partial charge in [-0.15, -0.1) is 0 Å². The maximum atomic E-state index is 14.6. The summed E-state index contributed by atoms with van der Waals surface area (Å²) in [4.78, 5) is 114. The van der Waals surface area contributed by atoms with Gasteiger partial charge in [-0.1, -0.05) is 90.0 Å². The summed E-state index contributed by atoms with van der Waals surface area (Å²) in [6.45, 7) is 6.07. The Hall–Kier alpha value is -5.36. The molecule has 15 atom stereocenters. The molecule has 0 saturated carbocycles. The van der Waals surface area contributed by atoms with E-state index in [2.05, 4.69) is 52.7 Å². The van der Waals surface area contributed by atoms with Gasteiger partial charge in [0.2, 0.25) is 47.3 Å². The fraction of sp³-hybridized carbons (Fsp3) is 0.731. The van der Waals surface area contributed by atoms with Crippen LogP contribution in [0.4, 0.5) is 0 Å². The number of nitrogens with zero attached hydrogens (tertiary/aromatic N) is 2. The molecule has 9 unspecified atom stereocenters. The fourth-order valence-electron chi connectivity index (χ4n) is 10.4. The van der Waals surface area contributed by atoms with Crippen molar-refractivity contribution >= 4 is 59.8 Å². The van der Waals surface area contributed by atoms with Crippen LogP contribution >= 0.6 is 0 Å². The first-order valence-electron chi connectivity index (χ1n) is 27.6. The Labute approximate surface area is 461 Å². The molecule has 26 nitrogen and oxygen atoms in total. The summed E-state index contributed by atoms with van der Waals surface area (Å²) < 4.78 is 0. The van der Waals surface area contributed by atoms with Crippen LogP contribution in [-0.2, 0) is 44.8 Å². The summed E-state index contributed by atoms with van der Waals surface area (Å²) in [7, 11) is -1.86. The van der Waals surface area contributed by atoms with E-state index in [9.17, 15) is 84.2 Å². The van der Waals surface area contributed by atoms with Crippen molar-refractivity contribution in [1.82, 2.24) is 41.7 Å². The lowest BCUT2D eigenvalue weighted by molar-refractivity contribution is -0.148. The van der Waals surface area contributed by atoms with Crippen molar-refractivity contribution in [1.29, 1.82) is 0 Å². The van der Waals surface area contributed by atoms with Gasteiger partial charge in [0, 0.05) is 45.3 Å². The number of fused-ring (bicyclic) bond motifs is 2. The van der Waals surface area contributed by atoms with Crippen molar-refractivity contribution in [3.05, 3.63) is 29.8 Å². The minimum absolute atomic E-state index is 0.0539. The Balaban J connectivity index is 1.74. The highest BCUT2D eigenvalue weighted by molar-refractivity contribution is 6.58. The molecule has 0 bridgehead atoms. The van der Waals surface area contributed by atoms with Crippen molar-refractivity contribution in [3.63, 3.8) is 0 Å². The molecule has 0 radical (unpaired) electrons. The van der Waals surface area contributed by atoms with Gasteiger partial charge in [0.1, 0.15) is 42.4 Å². The molecule has 3 aliphatic heterocycles. The summed E-state index contributed by atoms with van der Waals surface area (Å²) in [5.41, 5.74) is 5.73. The lowest BCUT2D eigenvalue weighted by Crippen LogP contribution is -2.64. The summed E-state index contributed by atoms with van der Waals surface area (Å²) in [6.07, 6.45) is -6.64. The molecule has 1 aromatic rings. The van der Waals surface area contributed by atoms with Crippen LogP contribution in [0.25, 0.3) is 0 Å². The van der Waals surface area contributed by atoms with Gasteiger partial charge >= 0.3 is 7.12 Å². The number of nitrogens with two attached hydrogens (primary N) is 1. The average Bonchev–Trinajstić information content (AvgIpc) is 4.05. The van der Waals surface area contributed by atoms with Crippen LogP contribution in [0.5, 0.6) is 0 Å². The molecule has 27 heteroatoms. The van der Waals surface area contributed by atoms with Crippen LogP contribution in [0, 0.1) is 11.8 Å². The largest absolute Gasteiger partial charge is 0.488 e. The number of primary amides is 1. The van der Waals surface area contributed by atoms with Crippen molar-refractivity contribution in [3.8, 4) is 0 Å². The van der Waals surface area contributed by atoms with Gasteiger partial charge in [0.05, 0.1) is 49.7 Å². The zero-order chi connectivity index (χ0) is 58.7. The zero-order valence-corrected chi connectivity index (χ0v) is 45.7. The molecule has 0 aliphatic carbocycles. The van der Waals surface area contributed by atoms with Crippen LogP contribution < -0.4 is 43.1 Å². The van der Waals surface area contributed by atoms with Crippen molar-refractivity contribution in [2.24, 2.45) is 17.6 Å². The second-order valence-electron chi connectivity index (χ2n) is 21.7. The Kier molecular flexibility index (Phi) is 26.9. The molecule has 444 valence electrons. The van der Waals surface area contributed by atoms with E-state index in [1.54, 1.807) is 0 Å². The number of aliphatic hydroxyl groups is 7. The maximum Gasteiger partial charge on any atom is 0.488 e. The summed E-state index contributed by atoms with van der Waals surface area (Å²) in [5.74, 6) is -7.65. The third-order valence-corrected chi connectivity index (χ3v) is 15.0.